The third kappa shape index (κ3) is 3.84. The molecule has 0 bridgehead atoms. The van der Waals surface area contributed by atoms with E-state index in [2.05, 4.69) is 27.1 Å². The van der Waals surface area contributed by atoms with E-state index in [1.807, 2.05) is 19.1 Å². The fourth-order valence-electron chi connectivity index (χ4n) is 4.65. The van der Waals surface area contributed by atoms with E-state index in [0.717, 1.165) is 50.1 Å². The van der Waals surface area contributed by atoms with E-state index in [1.54, 1.807) is 12.3 Å². The fourth-order valence-corrected chi connectivity index (χ4v) is 4.65. The number of aryl methyl sites for hydroxylation is 1. The first kappa shape index (κ1) is 19.2. The van der Waals surface area contributed by atoms with E-state index in [1.165, 1.54) is 12.8 Å². The van der Waals surface area contributed by atoms with Crippen LogP contribution in [0.2, 0.25) is 0 Å². The molecular weight excluding hydrogens is 352 g/mol. The summed E-state index contributed by atoms with van der Waals surface area (Å²) in [5, 5.41) is 3.70. The first-order valence-corrected chi connectivity index (χ1v) is 10.4. The van der Waals surface area contributed by atoms with Crippen molar-refractivity contribution in [1.29, 1.82) is 0 Å². The molecule has 2 N–H and O–H groups in total. The van der Waals surface area contributed by atoms with Crippen LogP contribution in [0.1, 0.15) is 41.6 Å². The van der Waals surface area contributed by atoms with E-state index in [0.29, 0.717) is 11.4 Å². The van der Waals surface area contributed by atoms with Crippen LogP contribution in [-0.4, -0.2) is 66.0 Å². The highest BCUT2D eigenvalue weighted by molar-refractivity contribution is 5.97. The number of hydrogen-bond acceptors (Lipinski definition) is 4. The van der Waals surface area contributed by atoms with Crippen LogP contribution in [0, 0.1) is 6.92 Å². The predicted molar refractivity (Wildman–Crippen MR) is 112 cm³/mol. The zero-order valence-electron chi connectivity index (χ0n) is 16.8. The van der Waals surface area contributed by atoms with Gasteiger partial charge in [0.1, 0.15) is 5.56 Å². The number of carbonyl (C=O) groups excluding carboxylic acids is 1. The molecule has 1 amide bonds. The number of nitrogens with one attached hydrogen (secondary N) is 2. The van der Waals surface area contributed by atoms with Crippen molar-refractivity contribution < 1.29 is 4.79 Å². The van der Waals surface area contributed by atoms with Crippen LogP contribution in [0.4, 0.5) is 0 Å². The molecule has 0 spiro atoms. The molecule has 2 aliphatic rings. The first-order chi connectivity index (χ1) is 13.5. The molecule has 150 valence electrons. The van der Waals surface area contributed by atoms with Crippen molar-refractivity contribution >= 4 is 16.8 Å². The smallest absolute Gasteiger partial charge is 0.257 e. The molecule has 2 aliphatic heterocycles. The number of nitrogens with zero attached hydrogens (tertiary/aromatic N) is 2. The van der Waals surface area contributed by atoms with Crippen LogP contribution in [-0.2, 0) is 0 Å². The Hall–Kier alpha value is -2.18. The predicted octanol–water partition coefficient (Wildman–Crippen LogP) is 2.12. The minimum absolute atomic E-state index is 0.105. The van der Waals surface area contributed by atoms with Crippen LogP contribution < -0.4 is 10.7 Å². The number of hydrogen-bond donors (Lipinski definition) is 2. The summed E-state index contributed by atoms with van der Waals surface area (Å²) in [7, 11) is 2.18. The number of aromatic amines is 1. The largest absolute Gasteiger partial charge is 0.360 e. The van der Waals surface area contributed by atoms with Crippen LogP contribution in [0.25, 0.3) is 10.9 Å². The maximum absolute atomic E-state index is 12.8. The Bertz CT molecular complexity index is 914. The fraction of sp³-hybridized carbons (Fsp3) is 0.545. The van der Waals surface area contributed by atoms with Crippen molar-refractivity contribution in [3.63, 3.8) is 0 Å². The van der Waals surface area contributed by atoms with Gasteiger partial charge in [-0.2, -0.15) is 0 Å². The van der Waals surface area contributed by atoms with E-state index in [4.69, 9.17) is 0 Å². The number of aromatic nitrogens is 1. The maximum atomic E-state index is 12.8. The Labute approximate surface area is 165 Å². The summed E-state index contributed by atoms with van der Waals surface area (Å²) in [4.78, 5) is 33.7. The van der Waals surface area contributed by atoms with Gasteiger partial charge < -0.3 is 15.2 Å². The van der Waals surface area contributed by atoms with Crippen LogP contribution in [0.5, 0.6) is 0 Å². The molecular formula is C22H30N4O2. The van der Waals surface area contributed by atoms with Crippen LogP contribution >= 0.6 is 0 Å². The average molecular weight is 383 g/mol. The van der Waals surface area contributed by atoms with Gasteiger partial charge in [-0.15, -0.1) is 0 Å². The van der Waals surface area contributed by atoms with Gasteiger partial charge in [-0.3, -0.25) is 14.5 Å². The SMILES string of the molecule is Cc1cccc2c(=O)c(C(=O)NC3CCCN(C4CCN(C)CC4)C3)c[nH]c12. The number of amides is 1. The van der Waals surface area contributed by atoms with Crippen molar-refractivity contribution in [1.82, 2.24) is 20.1 Å². The molecule has 1 aromatic carbocycles. The second-order valence-electron chi connectivity index (χ2n) is 8.37. The van der Waals surface area contributed by atoms with Gasteiger partial charge in [-0.1, -0.05) is 12.1 Å². The van der Waals surface area contributed by atoms with E-state index >= 15 is 0 Å². The number of pyridine rings is 1. The van der Waals surface area contributed by atoms with Gasteiger partial charge in [0, 0.05) is 30.2 Å². The molecule has 2 fully saturated rings. The lowest BCUT2D eigenvalue weighted by Crippen LogP contribution is -2.53. The lowest BCUT2D eigenvalue weighted by Gasteiger charge is -2.41. The number of H-pyrrole nitrogens is 1. The summed E-state index contributed by atoms with van der Waals surface area (Å²) in [6, 6.07) is 6.31. The monoisotopic (exact) mass is 382 g/mol. The highest BCUT2D eigenvalue weighted by Crippen LogP contribution is 2.21. The number of para-hydroxylation sites is 1. The topological polar surface area (TPSA) is 68.4 Å². The number of carbonyl (C=O) groups is 1. The van der Waals surface area contributed by atoms with E-state index in [-0.39, 0.29) is 22.9 Å². The quantitative estimate of drug-likeness (QED) is 0.853. The molecule has 6 nitrogen and oxygen atoms in total. The van der Waals surface area contributed by atoms with Gasteiger partial charge in [0.2, 0.25) is 5.43 Å². The lowest BCUT2D eigenvalue weighted by atomic mass is 9.98. The normalized spacial score (nSPS) is 22.4. The van der Waals surface area contributed by atoms with Crippen molar-refractivity contribution in [2.24, 2.45) is 0 Å². The molecule has 1 aromatic heterocycles. The van der Waals surface area contributed by atoms with Crippen molar-refractivity contribution in [2.45, 2.75) is 44.7 Å². The molecule has 6 heteroatoms. The van der Waals surface area contributed by atoms with Crippen molar-refractivity contribution in [3.8, 4) is 0 Å². The Morgan fingerprint density at radius 3 is 2.75 bits per heavy atom. The summed E-state index contributed by atoms with van der Waals surface area (Å²) in [5.41, 5.74) is 1.81. The van der Waals surface area contributed by atoms with Gasteiger partial charge in [0.05, 0.1) is 5.52 Å². The molecule has 2 saturated heterocycles. The Morgan fingerprint density at radius 1 is 1.18 bits per heavy atom. The molecule has 0 saturated carbocycles. The molecule has 0 aliphatic carbocycles. The summed E-state index contributed by atoms with van der Waals surface area (Å²) < 4.78 is 0. The Balaban J connectivity index is 1.45. The van der Waals surface area contributed by atoms with Gasteiger partial charge in [-0.25, -0.2) is 0 Å². The summed E-state index contributed by atoms with van der Waals surface area (Å²) in [5.74, 6) is -0.264. The van der Waals surface area contributed by atoms with Gasteiger partial charge in [0.25, 0.3) is 5.91 Å². The zero-order chi connectivity index (χ0) is 19.7. The first-order valence-electron chi connectivity index (χ1n) is 10.4. The average Bonchev–Trinajstić information content (AvgIpc) is 2.69. The molecule has 1 atom stereocenters. The summed E-state index contributed by atoms with van der Waals surface area (Å²) in [6.45, 7) is 6.23. The highest BCUT2D eigenvalue weighted by atomic mass is 16.2. The molecule has 4 rings (SSSR count). The maximum Gasteiger partial charge on any atom is 0.257 e. The Morgan fingerprint density at radius 2 is 1.96 bits per heavy atom. The van der Waals surface area contributed by atoms with Crippen molar-refractivity contribution in [2.75, 3.05) is 33.2 Å². The van der Waals surface area contributed by atoms with E-state index in [9.17, 15) is 9.59 Å². The van der Waals surface area contributed by atoms with Crippen molar-refractivity contribution in [3.05, 3.63) is 45.7 Å². The number of likely N-dealkylation sites (tertiary alicyclic amines) is 2. The minimum atomic E-state index is -0.264. The molecule has 1 unspecified atom stereocenters. The third-order valence-corrected chi connectivity index (χ3v) is 6.36. The van der Waals surface area contributed by atoms with E-state index < -0.39 is 0 Å². The number of benzene rings is 1. The second kappa shape index (κ2) is 8.05. The number of rotatable bonds is 3. The van der Waals surface area contributed by atoms with Gasteiger partial charge in [-0.05, 0) is 70.9 Å². The summed E-state index contributed by atoms with van der Waals surface area (Å²) in [6.07, 6.45) is 6.01. The standard InChI is InChI=1S/C22H30N4O2/c1-15-5-3-7-18-20(15)23-13-19(21(18)27)22(28)24-16-6-4-10-26(14-16)17-8-11-25(2)12-9-17/h3,5,7,13,16-17H,4,6,8-12,14H2,1-2H3,(H,23,27)(H,24,28). The lowest BCUT2D eigenvalue weighted by molar-refractivity contribution is 0.0765. The van der Waals surface area contributed by atoms with Gasteiger partial charge in [0.15, 0.2) is 0 Å². The Kier molecular flexibility index (Phi) is 5.51. The number of piperidine rings is 2. The third-order valence-electron chi connectivity index (χ3n) is 6.36. The minimum Gasteiger partial charge on any atom is -0.360 e. The molecule has 28 heavy (non-hydrogen) atoms. The molecule has 2 aromatic rings. The second-order valence-corrected chi connectivity index (χ2v) is 8.37. The zero-order valence-corrected chi connectivity index (χ0v) is 16.8. The highest BCUT2D eigenvalue weighted by Gasteiger charge is 2.29. The van der Waals surface area contributed by atoms with Crippen LogP contribution in [0.15, 0.2) is 29.2 Å². The molecule has 3 heterocycles. The van der Waals surface area contributed by atoms with Crippen LogP contribution in [0.3, 0.4) is 0 Å². The molecule has 0 radical (unpaired) electrons. The van der Waals surface area contributed by atoms with Gasteiger partial charge >= 0.3 is 0 Å². The summed E-state index contributed by atoms with van der Waals surface area (Å²) >= 11 is 0. The number of fused-ring (bicyclic) bond motifs is 1.